The van der Waals surface area contributed by atoms with Gasteiger partial charge in [0.05, 0.1) is 24.9 Å². The van der Waals surface area contributed by atoms with Crippen LogP contribution in [0.3, 0.4) is 0 Å². The average Bonchev–Trinajstić information content (AvgIpc) is 2.80. The second-order valence-corrected chi connectivity index (χ2v) is 10.7. The number of thioether (sulfide) groups is 1. The van der Waals surface area contributed by atoms with Gasteiger partial charge in [0.2, 0.25) is 0 Å². The summed E-state index contributed by atoms with van der Waals surface area (Å²) in [7, 11) is 1.39. The van der Waals surface area contributed by atoms with Crippen molar-refractivity contribution in [2.24, 2.45) is 5.92 Å². The predicted molar refractivity (Wildman–Crippen MR) is 138 cm³/mol. The number of carboxylic acid groups (broad SMARTS) is 1. The molecule has 0 aliphatic heterocycles. The first kappa shape index (κ1) is 30.0. The molecule has 0 aromatic rings. The van der Waals surface area contributed by atoms with Crippen molar-refractivity contribution in [2.45, 2.75) is 127 Å². The highest BCUT2D eigenvalue weighted by atomic mass is 32.2. The Labute approximate surface area is 206 Å². The Hall–Kier alpha value is -1.01. The van der Waals surface area contributed by atoms with E-state index in [0.717, 1.165) is 19.3 Å². The molecule has 3 atom stereocenters. The molecule has 1 rings (SSSR count). The van der Waals surface area contributed by atoms with Gasteiger partial charge in [-0.05, 0) is 38.0 Å². The minimum atomic E-state index is -0.810. The smallest absolute Gasteiger partial charge is 0.306 e. The third kappa shape index (κ3) is 14.1. The molecule has 0 radical (unpaired) electrons. The minimum absolute atomic E-state index is 0.0100. The van der Waals surface area contributed by atoms with Gasteiger partial charge in [-0.2, -0.15) is 11.8 Å². The van der Waals surface area contributed by atoms with Crippen LogP contribution in [0.15, 0.2) is 11.6 Å². The molecule has 0 bridgehead atoms. The summed E-state index contributed by atoms with van der Waals surface area (Å²) in [5.74, 6) is -0.428. The number of allylic oxidation sites excluding steroid dienone is 1. The van der Waals surface area contributed by atoms with E-state index >= 15 is 0 Å². The largest absolute Gasteiger partial charge is 0.481 e. The maximum atomic E-state index is 11.5. The summed E-state index contributed by atoms with van der Waals surface area (Å²) in [4.78, 5) is 22.4. The van der Waals surface area contributed by atoms with E-state index in [0.29, 0.717) is 18.6 Å². The number of hydrogen-bond donors (Lipinski definition) is 2. The van der Waals surface area contributed by atoms with Crippen molar-refractivity contribution in [2.75, 3.05) is 12.9 Å². The number of rotatable bonds is 19. The molecule has 0 unspecified atom stereocenters. The highest BCUT2D eigenvalue weighted by Crippen LogP contribution is 2.39. The Kier molecular flexibility index (Phi) is 17.6. The Morgan fingerprint density at radius 3 is 2.18 bits per heavy atom. The Balaban J connectivity index is 2.37. The third-order valence-corrected chi connectivity index (χ3v) is 8.12. The molecule has 0 saturated heterocycles. The summed E-state index contributed by atoms with van der Waals surface area (Å²) >= 11 is 1.61. The number of esters is 1. The first-order chi connectivity index (χ1) is 16.0. The van der Waals surface area contributed by atoms with Gasteiger partial charge in [0, 0.05) is 12.2 Å². The van der Waals surface area contributed by atoms with Crippen LogP contribution in [0.2, 0.25) is 0 Å². The predicted octanol–water partition coefficient (Wildman–Crippen LogP) is 6.91. The van der Waals surface area contributed by atoms with Crippen LogP contribution < -0.4 is 0 Å². The normalized spacial score (nSPS) is 21.9. The van der Waals surface area contributed by atoms with E-state index in [-0.39, 0.29) is 23.6 Å². The first-order valence-corrected chi connectivity index (χ1v) is 14.3. The number of aliphatic hydroxyl groups excluding tert-OH is 1. The summed E-state index contributed by atoms with van der Waals surface area (Å²) in [5.41, 5.74) is 1.27. The van der Waals surface area contributed by atoms with Crippen LogP contribution in [0.4, 0.5) is 0 Å². The fourth-order valence-electron chi connectivity index (χ4n) is 4.65. The number of hydrogen-bond acceptors (Lipinski definition) is 5. The average molecular weight is 485 g/mol. The molecule has 5 nitrogen and oxygen atoms in total. The maximum absolute atomic E-state index is 11.5. The molecule has 0 aromatic carbocycles. The fourth-order valence-corrected chi connectivity index (χ4v) is 6.03. The molecule has 6 heteroatoms. The molecule has 0 aromatic heterocycles. The van der Waals surface area contributed by atoms with Crippen LogP contribution in [-0.2, 0) is 14.3 Å². The monoisotopic (exact) mass is 484 g/mol. The van der Waals surface area contributed by atoms with E-state index in [4.69, 9.17) is 9.84 Å². The van der Waals surface area contributed by atoms with Crippen molar-refractivity contribution >= 4 is 23.7 Å². The lowest BCUT2D eigenvalue weighted by molar-refractivity contribution is -0.140. The number of carbonyl (C=O) groups excluding carboxylic acids is 1. The van der Waals surface area contributed by atoms with Gasteiger partial charge in [-0.15, -0.1) is 0 Å². The van der Waals surface area contributed by atoms with Gasteiger partial charge >= 0.3 is 11.9 Å². The zero-order chi connectivity index (χ0) is 24.3. The highest BCUT2D eigenvalue weighted by Gasteiger charge is 2.35. The van der Waals surface area contributed by atoms with E-state index in [9.17, 15) is 14.7 Å². The minimum Gasteiger partial charge on any atom is -0.481 e. The highest BCUT2D eigenvalue weighted by molar-refractivity contribution is 8.00. The molecular weight excluding hydrogens is 436 g/mol. The van der Waals surface area contributed by atoms with E-state index in [1.165, 1.54) is 83.3 Å². The van der Waals surface area contributed by atoms with Crippen LogP contribution in [0.1, 0.15) is 116 Å². The van der Waals surface area contributed by atoms with Crippen molar-refractivity contribution in [3.8, 4) is 0 Å². The Morgan fingerprint density at radius 2 is 1.61 bits per heavy atom. The summed E-state index contributed by atoms with van der Waals surface area (Å²) in [6.45, 7) is 2.26. The molecule has 192 valence electrons. The van der Waals surface area contributed by atoms with Crippen molar-refractivity contribution < 1.29 is 24.5 Å². The van der Waals surface area contributed by atoms with E-state index in [1.807, 2.05) is 0 Å². The molecule has 0 amide bonds. The maximum Gasteiger partial charge on any atom is 0.306 e. The van der Waals surface area contributed by atoms with Gasteiger partial charge in [0.15, 0.2) is 0 Å². The van der Waals surface area contributed by atoms with Gasteiger partial charge in [-0.3, -0.25) is 9.59 Å². The molecule has 1 fully saturated rings. The van der Waals surface area contributed by atoms with Crippen molar-refractivity contribution in [1.82, 2.24) is 0 Å². The van der Waals surface area contributed by atoms with E-state index in [1.54, 1.807) is 11.8 Å². The zero-order valence-corrected chi connectivity index (χ0v) is 21.9. The van der Waals surface area contributed by atoms with Gasteiger partial charge in [-0.25, -0.2) is 0 Å². The summed E-state index contributed by atoms with van der Waals surface area (Å²) in [6, 6.07) is 0. The molecule has 0 spiro atoms. The fraction of sp³-hybridized carbons (Fsp3) is 0.852. The second kappa shape index (κ2) is 19.3. The van der Waals surface area contributed by atoms with Gasteiger partial charge < -0.3 is 14.9 Å². The number of methoxy groups -OCH3 is 1. The molecule has 33 heavy (non-hydrogen) atoms. The number of aliphatic hydroxyl groups is 1. The van der Waals surface area contributed by atoms with E-state index in [2.05, 4.69) is 13.0 Å². The van der Waals surface area contributed by atoms with Crippen LogP contribution in [0.5, 0.6) is 0 Å². The summed E-state index contributed by atoms with van der Waals surface area (Å²) in [6.07, 6.45) is 20.1. The molecular formula is C27H48O5S. The number of unbranched alkanes of at least 4 members (excludes halogenated alkanes) is 11. The molecule has 1 saturated carbocycles. The lowest BCUT2D eigenvalue weighted by Crippen LogP contribution is -2.37. The number of ether oxygens (including phenoxy) is 1. The van der Waals surface area contributed by atoms with Crippen molar-refractivity contribution in [3.63, 3.8) is 0 Å². The van der Waals surface area contributed by atoms with Crippen LogP contribution in [-0.4, -0.2) is 46.4 Å². The van der Waals surface area contributed by atoms with Crippen LogP contribution in [0, 0.1) is 5.92 Å². The summed E-state index contributed by atoms with van der Waals surface area (Å²) in [5, 5.41) is 19.9. The standard InChI is InChI=1S/C27H48O5S/c1-3-4-5-6-7-8-9-10-11-12-13-14-15-23-17-16-22(18-19-24(28)29)26(31)27(23)33-21-20-25(30)32-2/h15,22,26-27,31H,3-14,16-21H2,1-2H3,(H,28,29)/b23-15+/t22-,26-,27-/m1/s1. The van der Waals surface area contributed by atoms with E-state index < -0.39 is 12.1 Å². The second-order valence-electron chi connectivity index (χ2n) is 9.44. The van der Waals surface area contributed by atoms with Gasteiger partial charge in [0.1, 0.15) is 0 Å². The zero-order valence-electron chi connectivity index (χ0n) is 21.1. The SMILES string of the molecule is CCCCCCCCCCCCC/C=C1\CC[C@H](CCC(=O)O)[C@@H](O)[C@@H]1SCCC(=O)OC. The van der Waals surface area contributed by atoms with Crippen LogP contribution >= 0.6 is 11.8 Å². The lowest BCUT2D eigenvalue weighted by Gasteiger charge is -2.36. The topological polar surface area (TPSA) is 83.8 Å². The third-order valence-electron chi connectivity index (χ3n) is 6.74. The molecule has 2 N–H and O–H groups in total. The molecule has 1 aliphatic carbocycles. The quantitative estimate of drug-likeness (QED) is 0.118. The summed E-state index contributed by atoms with van der Waals surface area (Å²) < 4.78 is 4.73. The Morgan fingerprint density at radius 1 is 1.00 bits per heavy atom. The number of aliphatic carboxylic acids is 1. The van der Waals surface area contributed by atoms with Crippen LogP contribution in [0.25, 0.3) is 0 Å². The number of carboxylic acids is 1. The lowest BCUT2D eigenvalue weighted by atomic mass is 9.80. The van der Waals surface area contributed by atoms with Gasteiger partial charge in [0.25, 0.3) is 0 Å². The van der Waals surface area contributed by atoms with Gasteiger partial charge in [-0.1, -0.05) is 82.8 Å². The van der Waals surface area contributed by atoms with Crippen molar-refractivity contribution in [1.29, 1.82) is 0 Å². The van der Waals surface area contributed by atoms with Crippen molar-refractivity contribution in [3.05, 3.63) is 11.6 Å². The number of carbonyl (C=O) groups is 2. The first-order valence-electron chi connectivity index (χ1n) is 13.3. The Bertz CT molecular complexity index is 563. The molecule has 1 aliphatic rings. The molecule has 0 heterocycles.